The highest BCUT2D eigenvalue weighted by Gasteiger charge is 2.24. The first-order chi connectivity index (χ1) is 6.43. The lowest BCUT2D eigenvalue weighted by Gasteiger charge is -1.98. The highest BCUT2D eigenvalue weighted by molar-refractivity contribution is 5.79. The first-order valence-corrected chi connectivity index (χ1v) is 4.40. The van der Waals surface area contributed by atoms with Crippen LogP contribution >= 0.6 is 0 Å². The minimum atomic E-state index is 0.325. The van der Waals surface area contributed by atoms with E-state index in [0.29, 0.717) is 6.10 Å². The molecule has 3 rings (SSSR count). The molecule has 0 amide bonds. The Kier molecular flexibility index (Phi) is 1.37. The Bertz CT molecular complexity index is 449. The normalized spacial score (nSPS) is 20.5. The molecule has 0 aliphatic carbocycles. The fourth-order valence-electron chi connectivity index (χ4n) is 1.52. The van der Waals surface area contributed by atoms with Gasteiger partial charge < -0.3 is 4.74 Å². The predicted molar refractivity (Wildman–Crippen MR) is 50.4 cm³/mol. The second-order valence-corrected chi connectivity index (χ2v) is 3.28. The number of hydrogen-bond acceptors (Lipinski definition) is 2. The average Bonchev–Trinajstić information content (AvgIpc) is 3.00. The number of ether oxygens (including phenoxy) is 1. The van der Waals surface area contributed by atoms with E-state index in [2.05, 4.69) is 29.2 Å². The van der Waals surface area contributed by atoms with Crippen LogP contribution in [0.3, 0.4) is 0 Å². The number of rotatable bonds is 1. The van der Waals surface area contributed by atoms with Gasteiger partial charge in [-0.2, -0.15) is 0 Å². The van der Waals surface area contributed by atoms with Gasteiger partial charge in [-0.1, -0.05) is 18.2 Å². The van der Waals surface area contributed by atoms with E-state index in [-0.39, 0.29) is 0 Å². The van der Waals surface area contributed by atoms with Gasteiger partial charge in [-0.3, -0.25) is 4.98 Å². The van der Waals surface area contributed by atoms with Crippen molar-refractivity contribution in [2.24, 2.45) is 0 Å². The summed E-state index contributed by atoms with van der Waals surface area (Å²) < 4.78 is 5.22. The molecule has 0 radical (unpaired) electrons. The molecule has 1 aromatic heterocycles. The molecule has 1 aromatic carbocycles. The average molecular weight is 171 g/mol. The Morgan fingerprint density at radius 3 is 3.08 bits per heavy atom. The van der Waals surface area contributed by atoms with Crippen LogP contribution in [0.1, 0.15) is 11.7 Å². The molecule has 0 unspecified atom stereocenters. The van der Waals surface area contributed by atoms with Gasteiger partial charge in [-0.05, 0) is 17.7 Å². The standard InChI is InChI=1S/C11H9NO/c1-2-8-3-4-9(11-7-13-11)6-10(8)12-5-1/h1-6,11H,7H2/t11-/m0/s1. The van der Waals surface area contributed by atoms with Crippen LogP contribution in [0.25, 0.3) is 10.9 Å². The summed E-state index contributed by atoms with van der Waals surface area (Å²) in [6.45, 7) is 0.859. The van der Waals surface area contributed by atoms with Gasteiger partial charge in [0.2, 0.25) is 0 Å². The zero-order valence-electron chi connectivity index (χ0n) is 7.10. The van der Waals surface area contributed by atoms with Gasteiger partial charge in [-0.25, -0.2) is 0 Å². The topological polar surface area (TPSA) is 25.4 Å². The third kappa shape index (κ3) is 1.19. The third-order valence-corrected chi connectivity index (χ3v) is 2.34. The van der Waals surface area contributed by atoms with Crippen LogP contribution in [-0.2, 0) is 4.74 Å². The van der Waals surface area contributed by atoms with Gasteiger partial charge in [-0.15, -0.1) is 0 Å². The zero-order chi connectivity index (χ0) is 8.67. The summed E-state index contributed by atoms with van der Waals surface area (Å²) in [7, 11) is 0. The summed E-state index contributed by atoms with van der Waals surface area (Å²) in [5.41, 5.74) is 2.29. The van der Waals surface area contributed by atoms with E-state index in [1.54, 1.807) is 0 Å². The van der Waals surface area contributed by atoms with Gasteiger partial charge in [0.05, 0.1) is 12.1 Å². The smallest absolute Gasteiger partial charge is 0.106 e. The highest BCUT2D eigenvalue weighted by atomic mass is 16.6. The SMILES string of the molecule is c1cnc2cc([C@@H]3CO3)ccc2c1. The molecule has 2 nitrogen and oxygen atoms in total. The summed E-state index contributed by atoms with van der Waals surface area (Å²) in [5, 5.41) is 1.19. The Morgan fingerprint density at radius 2 is 2.23 bits per heavy atom. The number of epoxide rings is 1. The molecular weight excluding hydrogens is 162 g/mol. The molecule has 1 atom stereocenters. The lowest BCUT2D eigenvalue weighted by Crippen LogP contribution is -1.82. The predicted octanol–water partition coefficient (Wildman–Crippen LogP) is 2.31. The minimum Gasteiger partial charge on any atom is -0.368 e. The van der Waals surface area contributed by atoms with Crippen molar-refractivity contribution in [2.45, 2.75) is 6.10 Å². The fourth-order valence-corrected chi connectivity index (χ4v) is 1.52. The monoisotopic (exact) mass is 171 g/mol. The van der Waals surface area contributed by atoms with Crippen molar-refractivity contribution in [2.75, 3.05) is 6.61 Å². The second kappa shape index (κ2) is 2.54. The van der Waals surface area contributed by atoms with Crippen molar-refractivity contribution >= 4 is 10.9 Å². The van der Waals surface area contributed by atoms with Gasteiger partial charge in [0.25, 0.3) is 0 Å². The molecule has 1 aliphatic rings. The van der Waals surface area contributed by atoms with Crippen molar-refractivity contribution in [1.82, 2.24) is 4.98 Å². The Labute approximate surface area is 76.2 Å². The highest BCUT2D eigenvalue weighted by Crippen LogP contribution is 2.30. The lowest BCUT2D eigenvalue weighted by atomic mass is 10.1. The van der Waals surface area contributed by atoms with E-state index in [4.69, 9.17) is 4.74 Å². The van der Waals surface area contributed by atoms with E-state index in [1.165, 1.54) is 10.9 Å². The van der Waals surface area contributed by atoms with Crippen LogP contribution in [0.4, 0.5) is 0 Å². The summed E-state index contributed by atoms with van der Waals surface area (Å²) in [6.07, 6.45) is 2.14. The number of hydrogen-bond donors (Lipinski definition) is 0. The molecule has 1 saturated heterocycles. The fraction of sp³-hybridized carbons (Fsp3) is 0.182. The molecule has 2 aromatic rings. The number of nitrogens with zero attached hydrogens (tertiary/aromatic N) is 1. The summed E-state index contributed by atoms with van der Waals surface area (Å²) >= 11 is 0. The summed E-state index contributed by atoms with van der Waals surface area (Å²) in [4.78, 5) is 4.30. The van der Waals surface area contributed by atoms with Crippen LogP contribution in [0, 0.1) is 0 Å². The summed E-state index contributed by atoms with van der Waals surface area (Å²) in [6, 6.07) is 10.3. The van der Waals surface area contributed by atoms with E-state index in [9.17, 15) is 0 Å². The molecular formula is C11H9NO. The lowest BCUT2D eigenvalue weighted by molar-refractivity contribution is 0.416. The molecule has 2 heterocycles. The molecule has 1 aliphatic heterocycles. The molecule has 0 spiro atoms. The molecule has 64 valence electrons. The second-order valence-electron chi connectivity index (χ2n) is 3.28. The summed E-state index contributed by atoms with van der Waals surface area (Å²) in [5.74, 6) is 0. The van der Waals surface area contributed by atoms with E-state index >= 15 is 0 Å². The van der Waals surface area contributed by atoms with Crippen molar-refractivity contribution < 1.29 is 4.74 Å². The van der Waals surface area contributed by atoms with Crippen LogP contribution in [0.15, 0.2) is 36.5 Å². The maximum atomic E-state index is 5.22. The Balaban J connectivity index is 2.21. The molecule has 0 N–H and O–H groups in total. The number of aromatic nitrogens is 1. The van der Waals surface area contributed by atoms with Gasteiger partial charge >= 0.3 is 0 Å². The molecule has 1 fully saturated rings. The van der Waals surface area contributed by atoms with E-state index in [0.717, 1.165) is 12.1 Å². The maximum absolute atomic E-state index is 5.22. The van der Waals surface area contributed by atoms with Crippen LogP contribution in [0.2, 0.25) is 0 Å². The van der Waals surface area contributed by atoms with E-state index in [1.807, 2.05) is 12.3 Å². The minimum absolute atomic E-state index is 0.325. The van der Waals surface area contributed by atoms with Crippen molar-refractivity contribution in [3.8, 4) is 0 Å². The van der Waals surface area contributed by atoms with Gasteiger partial charge in [0, 0.05) is 11.6 Å². The first kappa shape index (κ1) is 7.04. The molecule has 13 heavy (non-hydrogen) atoms. The number of fused-ring (bicyclic) bond motifs is 1. The van der Waals surface area contributed by atoms with E-state index < -0.39 is 0 Å². The number of pyridine rings is 1. The van der Waals surface area contributed by atoms with Crippen molar-refractivity contribution in [1.29, 1.82) is 0 Å². The van der Waals surface area contributed by atoms with Crippen LogP contribution < -0.4 is 0 Å². The van der Waals surface area contributed by atoms with Gasteiger partial charge in [0.1, 0.15) is 6.10 Å². The van der Waals surface area contributed by atoms with Crippen LogP contribution in [-0.4, -0.2) is 11.6 Å². The first-order valence-electron chi connectivity index (χ1n) is 4.40. The van der Waals surface area contributed by atoms with Crippen LogP contribution in [0.5, 0.6) is 0 Å². The maximum Gasteiger partial charge on any atom is 0.106 e. The number of benzene rings is 1. The van der Waals surface area contributed by atoms with Gasteiger partial charge in [0.15, 0.2) is 0 Å². The zero-order valence-corrected chi connectivity index (χ0v) is 7.10. The van der Waals surface area contributed by atoms with Crippen molar-refractivity contribution in [3.05, 3.63) is 42.1 Å². The largest absolute Gasteiger partial charge is 0.368 e. The quantitative estimate of drug-likeness (QED) is 0.615. The molecule has 2 heteroatoms. The Morgan fingerprint density at radius 1 is 1.31 bits per heavy atom. The third-order valence-electron chi connectivity index (χ3n) is 2.34. The molecule has 0 saturated carbocycles. The molecule has 0 bridgehead atoms. The Hall–Kier alpha value is -1.41. The van der Waals surface area contributed by atoms with Crippen molar-refractivity contribution in [3.63, 3.8) is 0 Å².